The van der Waals surface area contributed by atoms with Crippen molar-refractivity contribution in [2.75, 3.05) is 0 Å². The van der Waals surface area contributed by atoms with Crippen LogP contribution in [0.25, 0.3) is 0 Å². The Labute approximate surface area is 106 Å². The van der Waals surface area contributed by atoms with E-state index in [2.05, 4.69) is 37.1 Å². The molecule has 0 unspecified atom stereocenters. The topological polar surface area (TPSA) is 60.9 Å². The van der Waals surface area contributed by atoms with Crippen LogP contribution in [0, 0.1) is 20.3 Å². The summed E-state index contributed by atoms with van der Waals surface area (Å²) in [6.45, 7) is 4.17. The first kappa shape index (κ1) is 12.4. The van der Waals surface area contributed by atoms with E-state index in [9.17, 15) is 4.79 Å². The van der Waals surface area contributed by atoms with Gasteiger partial charge in [-0.05, 0) is 37.8 Å². The molecule has 1 heterocycles. The molecule has 0 aliphatic carbocycles. The predicted molar refractivity (Wildman–Crippen MR) is 70.2 cm³/mol. The van der Waals surface area contributed by atoms with Gasteiger partial charge in [-0.2, -0.15) is 9.78 Å². The molecular weight excluding hydrogens is 226 g/mol. The van der Waals surface area contributed by atoms with Gasteiger partial charge in [0.1, 0.15) is 0 Å². The molecule has 4 heteroatoms. The fourth-order valence-electron chi connectivity index (χ4n) is 1.99. The van der Waals surface area contributed by atoms with Gasteiger partial charge in [0, 0.05) is 6.20 Å². The van der Waals surface area contributed by atoms with E-state index in [1.165, 1.54) is 16.7 Å². The highest BCUT2D eigenvalue weighted by Gasteiger charge is 2.04. The van der Waals surface area contributed by atoms with E-state index in [0.717, 1.165) is 16.7 Å². The van der Waals surface area contributed by atoms with Gasteiger partial charge in [-0.3, -0.25) is 0 Å². The van der Waals surface area contributed by atoms with Crippen molar-refractivity contribution in [1.29, 1.82) is 0 Å². The van der Waals surface area contributed by atoms with Crippen molar-refractivity contribution in [3.05, 3.63) is 59.3 Å². The third-order valence-corrected chi connectivity index (χ3v) is 2.68. The van der Waals surface area contributed by atoms with E-state index in [-0.39, 0.29) is 0 Å². The Morgan fingerprint density at radius 2 is 2.00 bits per heavy atom. The number of benzene rings is 1. The van der Waals surface area contributed by atoms with E-state index in [0.29, 0.717) is 0 Å². The fraction of sp³-hybridized carbons (Fsp3) is 0.214. The molecule has 1 amide bonds. The van der Waals surface area contributed by atoms with Gasteiger partial charge in [0.2, 0.25) is 0 Å². The van der Waals surface area contributed by atoms with Crippen LogP contribution in [0.3, 0.4) is 0 Å². The maximum absolute atomic E-state index is 10.9. The summed E-state index contributed by atoms with van der Waals surface area (Å²) in [5, 5.41) is 3.87. The van der Waals surface area contributed by atoms with Crippen molar-refractivity contribution >= 4 is 6.03 Å². The fourth-order valence-corrected chi connectivity index (χ4v) is 1.99. The predicted octanol–water partition coefficient (Wildman–Crippen LogP) is 2.22. The SMILES string of the molecule is Cc1cc(C)cc(C[CH]c2cnn(C(N)=O)c2)c1. The number of amides is 1. The average molecular weight is 242 g/mol. The molecule has 2 aromatic rings. The number of nitrogens with zero attached hydrogens (tertiary/aromatic N) is 2. The van der Waals surface area contributed by atoms with Crippen LogP contribution < -0.4 is 5.73 Å². The van der Waals surface area contributed by atoms with Crippen LogP contribution in [-0.4, -0.2) is 15.8 Å². The summed E-state index contributed by atoms with van der Waals surface area (Å²) in [5.41, 5.74) is 9.78. The normalized spacial score (nSPS) is 10.6. The first-order valence-corrected chi connectivity index (χ1v) is 5.79. The van der Waals surface area contributed by atoms with Gasteiger partial charge in [-0.15, -0.1) is 0 Å². The molecule has 1 aromatic carbocycles. The van der Waals surface area contributed by atoms with E-state index in [1.807, 2.05) is 6.42 Å². The Morgan fingerprint density at radius 1 is 1.33 bits per heavy atom. The summed E-state index contributed by atoms with van der Waals surface area (Å²) in [6.07, 6.45) is 6.10. The second kappa shape index (κ2) is 5.04. The number of nitrogens with two attached hydrogens (primary N) is 1. The first-order valence-electron chi connectivity index (χ1n) is 5.79. The molecular formula is C14H16N3O. The van der Waals surface area contributed by atoms with Crippen LogP contribution in [0.15, 0.2) is 30.6 Å². The van der Waals surface area contributed by atoms with Gasteiger partial charge in [0.25, 0.3) is 0 Å². The number of hydrogen-bond donors (Lipinski definition) is 1. The van der Waals surface area contributed by atoms with Crippen molar-refractivity contribution < 1.29 is 4.79 Å². The number of primary amides is 1. The molecule has 2 rings (SSSR count). The summed E-state index contributed by atoms with van der Waals surface area (Å²) in [6, 6.07) is 5.89. The highest BCUT2D eigenvalue weighted by Crippen LogP contribution is 2.13. The molecule has 0 fully saturated rings. The molecule has 0 saturated carbocycles. The Kier molecular flexibility index (Phi) is 3.46. The molecule has 0 saturated heterocycles. The van der Waals surface area contributed by atoms with Crippen molar-refractivity contribution in [2.24, 2.45) is 5.73 Å². The number of aromatic nitrogens is 2. The monoisotopic (exact) mass is 242 g/mol. The van der Waals surface area contributed by atoms with Gasteiger partial charge in [0.05, 0.1) is 6.20 Å². The van der Waals surface area contributed by atoms with Gasteiger partial charge >= 0.3 is 6.03 Å². The maximum Gasteiger partial charge on any atom is 0.339 e. The lowest BCUT2D eigenvalue weighted by atomic mass is 10.0. The van der Waals surface area contributed by atoms with Crippen LogP contribution in [0.1, 0.15) is 22.3 Å². The first-order chi connectivity index (χ1) is 8.54. The number of carbonyl (C=O) groups excluding carboxylic acids is 1. The molecule has 2 N–H and O–H groups in total. The van der Waals surface area contributed by atoms with Crippen LogP contribution in [-0.2, 0) is 6.42 Å². The average Bonchev–Trinajstić information content (AvgIpc) is 2.73. The number of rotatable bonds is 3. The molecule has 1 aromatic heterocycles. The van der Waals surface area contributed by atoms with Crippen molar-refractivity contribution in [3.63, 3.8) is 0 Å². The Bertz CT molecular complexity index is 552. The minimum Gasteiger partial charge on any atom is -0.350 e. The smallest absolute Gasteiger partial charge is 0.339 e. The Hall–Kier alpha value is -2.10. The summed E-state index contributed by atoms with van der Waals surface area (Å²) < 4.78 is 1.13. The van der Waals surface area contributed by atoms with Crippen LogP contribution in [0.4, 0.5) is 4.79 Å². The second-order valence-electron chi connectivity index (χ2n) is 4.46. The third kappa shape index (κ3) is 2.97. The van der Waals surface area contributed by atoms with Gasteiger partial charge in [-0.1, -0.05) is 29.3 Å². The summed E-state index contributed by atoms with van der Waals surface area (Å²) in [5.74, 6) is 0. The zero-order valence-corrected chi connectivity index (χ0v) is 10.6. The molecule has 0 spiro atoms. The summed E-state index contributed by atoms with van der Waals surface area (Å²) in [4.78, 5) is 10.9. The number of hydrogen-bond acceptors (Lipinski definition) is 2. The van der Waals surface area contributed by atoms with Gasteiger partial charge in [0.15, 0.2) is 0 Å². The molecule has 1 radical (unpaired) electrons. The molecule has 0 aliphatic heterocycles. The largest absolute Gasteiger partial charge is 0.350 e. The quantitative estimate of drug-likeness (QED) is 0.897. The molecule has 0 aliphatic rings. The summed E-state index contributed by atoms with van der Waals surface area (Å²) in [7, 11) is 0. The zero-order valence-electron chi connectivity index (χ0n) is 10.6. The Balaban J connectivity index is 2.04. The van der Waals surface area contributed by atoms with Crippen LogP contribution in [0.5, 0.6) is 0 Å². The van der Waals surface area contributed by atoms with Crippen molar-refractivity contribution in [1.82, 2.24) is 9.78 Å². The summed E-state index contributed by atoms with van der Waals surface area (Å²) >= 11 is 0. The van der Waals surface area contributed by atoms with Crippen molar-refractivity contribution in [2.45, 2.75) is 20.3 Å². The second-order valence-corrected chi connectivity index (χ2v) is 4.46. The lowest BCUT2D eigenvalue weighted by molar-refractivity contribution is 0.247. The molecule has 0 atom stereocenters. The van der Waals surface area contributed by atoms with E-state index >= 15 is 0 Å². The van der Waals surface area contributed by atoms with E-state index in [4.69, 9.17) is 5.73 Å². The maximum atomic E-state index is 10.9. The molecule has 18 heavy (non-hydrogen) atoms. The minimum atomic E-state index is -0.568. The number of aryl methyl sites for hydroxylation is 2. The van der Waals surface area contributed by atoms with E-state index < -0.39 is 6.03 Å². The number of carbonyl (C=O) groups is 1. The van der Waals surface area contributed by atoms with Gasteiger partial charge in [-0.25, -0.2) is 4.79 Å². The third-order valence-electron chi connectivity index (χ3n) is 2.68. The molecule has 4 nitrogen and oxygen atoms in total. The molecule has 0 bridgehead atoms. The molecule has 93 valence electrons. The minimum absolute atomic E-state index is 0.568. The highest BCUT2D eigenvalue weighted by molar-refractivity contribution is 5.73. The van der Waals surface area contributed by atoms with Gasteiger partial charge < -0.3 is 5.73 Å². The van der Waals surface area contributed by atoms with Crippen LogP contribution in [0.2, 0.25) is 0 Å². The van der Waals surface area contributed by atoms with Crippen LogP contribution >= 0.6 is 0 Å². The highest BCUT2D eigenvalue weighted by atomic mass is 16.2. The Morgan fingerprint density at radius 3 is 2.56 bits per heavy atom. The lowest BCUT2D eigenvalue weighted by Gasteiger charge is -2.03. The standard InChI is InChI=1S/C14H16N3O/c1-10-5-11(2)7-12(6-10)3-4-13-8-16-17(9-13)14(15)18/h4-9H,3H2,1-2H3,(H2,15,18). The van der Waals surface area contributed by atoms with E-state index in [1.54, 1.807) is 12.4 Å². The zero-order chi connectivity index (χ0) is 13.1. The van der Waals surface area contributed by atoms with Crippen molar-refractivity contribution in [3.8, 4) is 0 Å². The lowest BCUT2D eigenvalue weighted by Crippen LogP contribution is -2.19.